The van der Waals surface area contributed by atoms with Gasteiger partial charge in [-0.1, -0.05) is 91.5 Å². The van der Waals surface area contributed by atoms with Crippen molar-refractivity contribution in [2.75, 3.05) is 0 Å². The molecule has 0 spiro atoms. The number of nitro groups is 1. The predicted molar refractivity (Wildman–Crippen MR) is 150 cm³/mol. The van der Waals surface area contributed by atoms with Crippen molar-refractivity contribution in [1.29, 1.82) is 0 Å². The quantitative estimate of drug-likeness (QED) is 0.145. The van der Waals surface area contributed by atoms with E-state index in [9.17, 15) is 10.1 Å². The lowest BCUT2D eigenvalue weighted by atomic mass is 10.00. The fourth-order valence-electron chi connectivity index (χ4n) is 5.12. The molecule has 1 heterocycles. The minimum atomic E-state index is -0.328. The Balaban J connectivity index is 1.78. The molecule has 0 radical (unpaired) electrons. The van der Waals surface area contributed by atoms with Crippen LogP contribution in [0, 0.1) is 10.1 Å². The summed E-state index contributed by atoms with van der Waals surface area (Å²) in [4.78, 5) is 11.8. The van der Waals surface area contributed by atoms with Crippen LogP contribution in [0.2, 0.25) is 0 Å². The maximum Gasteiger partial charge on any atom is 0.278 e. The zero-order valence-electron chi connectivity index (χ0n) is 19.5. The van der Waals surface area contributed by atoms with Gasteiger partial charge in [-0.25, -0.2) is 0 Å². The van der Waals surface area contributed by atoms with Gasteiger partial charge in [0.05, 0.1) is 27.2 Å². The maximum absolute atomic E-state index is 12.2. The molecule has 0 atom stereocenters. The third-order valence-corrected chi connectivity index (χ3v) is 6.64. The zero-order chi connectivity index (χ0) is 24.6. The summed E-state index contributed by atoms with van der Waals surface area (Å²) < 4.78 is 2.11. The van der Waals surface area contributed by atoms with E-state index in [1.165, 1.54) is 0 Å². The molecular formula is C32H22N2O2. The van der Waals surface area contributed by atoms with E-state index in [4.69, 9.17) is 0 Å². The number of hydrogen-bond acceptors (Lipinski definition) is 2. The molecule has 0 bridgehead atoms. The molecule has 36 heavy (non-hydrogen) atoms. The molecule has 4 heteroatoms. The van der Waals surface area contributed by atoms with Crippen LogP contribution >= 0.6 is 0 Å². The second-order valence-corrected chi connectivity index (χ2v) is 8.68. The third-order valence-electron chi connectivity index (χ3n) is 6.64. The van der Waals surface area contributed by atoms with Gasteiger partial charge < -0.3 is 4.57 Å². The van der Waals surface area contributed by atoms with E-state index in [1.54, 1.807) is 24.3 Å². The Kier molecular flexibility index (Phi) is 5.20. The summed E-state index contributed by atoms with van der Waals surface area (Å²) in [5.74, 6) is 0. The highest BCUT2D eigenvalue weighted by Gasteiger charge is 2.20. The van der Waals surface area contributed by atoms with Gasteiger partial charge in [0.15, 0.2) is 0 Å². The van der Waals surface area contributed by atoms with Crippen LogP contribution in [-0.2, 0) is 0 Å². The summed E-state index contributed by atoms with van der Waals surface area (Å²) >= 11 is 0. The van der Waals surface area contributed by atoms with E-state index in [-0.39, 0.29) is 10.6 Å². The van der Waals surface area contributed by atoms with Crippen molar-refractivity contribution in [2.24, 2.45) is 0 Å². The molecule has 0 aliphatic heterocycles. The van der Waals surface area contributed by atoms with E-state index in [0.717, 1.165) is 43.4 Å². The first kappa shape index (κ1) is 21.6. The highest BCUT2D eigenvalue weighted by molar-refractivity contribution is 6.29. The molecule has 0 unspecified atom stereocenters. The molecule has 0 N–H and O–H groups in total. The fraction of sp³-hybridized carbons (Fsp3) is 0. The average molecular weight is 467 g/mol. The van der Waals surface area contributed by atoms with Crippen LogP contribution in [0.5, 0.6) is 0 Å². The lowest BCUT2D eigenvalue weighted by Gasteiger charge is -2.10. The van der Waals surface area contributed by atoms with Crippen LogP contribution in [-0.4, -0.2) is 9.49 Å². The van der Waals surface area contributed by atoms with Crippen molar-refractivity contribution >= 4 is 54.7 Å². The van der Waals surface area contributed by atoms with Crippen LogP contribution in [0.15, 0.2) is 128 Å². The van der Waals surface area contributed by atoms with Gasteiger partial charge in [0.2, 0.25) is 0 Å². The van der Waals surface area contributed by atoms with Crippen LogP contribution in [0.1, 0.15) is 5.56 Å². The van der Waals surface area contributed by atoms with Gasteiger partial charge in [-0.05, 0) is 51.9 Å². The van der Waals surface area contributed by atoms with E-state index < -0.39 is 0 Å². The van der Waals surface area contributed by atoms with Gasteiger partial charge >= 0.3 is 0 Å². The van der Waals surface area contributed by atoms with Crippen LogP contribution in [0.4, 0.5) is 0 Å². The summed E-state index contributed by atoms with van der Waals surface area (Å²) in [7, 11) is 0. The molecule has 0 fully saturated rings. The van der Waals surface area contributed by atoms with Gasteiger partial charge in [0.1, 0.15) is 0 Å². The summed E-state index contributed by atoms with van der Waals surface area (Å²) in [6.07, 6.45) is 5.14. The normalized spacial score (nSPS) is 12.6. The number of rotatable bonds is 5. The van der Waals surface area contributed by atoms with Gasteiger partial charge in [-0.15, -0.1) is 0 Å². The Morgan fingerprint density at radius 1 is 0.722 bits per heavy atom. The van der Waals surface area contributed by atoms with Gasteiger partial charge in [0, 0.05) is 16.8 Å². The molecule has 172 valence electrons. The molecule has 5 aromatic carbocycles. The van der Waals surface area contributed by atoms with Crippen LogP contribution in [0.25, 0.3) is 54.7 Å². The first-order chi connectivity index (χ1) is 17.7. The number of aromatic nitrogens is 1. The predicted octanol–water partition coefficient (Wildman–Crippen LogP) is 8.45. The molecule has 0 amide bonds. The molecule has 4 nitrogen and oxygen atoms in total. The van der Waals surface area contributed by atoms with Crippen molar-refractivity contribution < 1.29 is 4.92 Å². The molecule has 0 saturated carbocycles. The maximum atomic E-state index is 12.2. The number of allylic oxidation sites excluding steroid dienone is 4. The fourth-order valence-corrected chi connectivity index (χ4v) is 5.12. The summed E-state index contributed by atoms with van der Waals surface area (Å²) in [6, 6.07) is 34.1. The molecule has 0 saturated heterocycles. The first-order valence-corrected chi connectivity index (χ1v) is 11.8. The van der Waals surface area contributed by atoms with Crippen molar-refractivity contribution in [3.63, 3.8) is 0 Å². The van der Waals surface area contributed by atoms with Crippen molar-refractivity contribution in [2.45, 2.75) is 0 Å². The largest absolute Gasteiger partial charge is 0.309 e. The lowest BCUT2D eigenvalue weighted by molar-refractivity contribution is -0.375. The van der Waals surface area contributed by atoms with Crippen molar-refractivity contribution in [3.8, 4) is 0 Å². The summed E-state index contributed by atoms with van der Waals surface area (Å²) in [6.45, 7) is 3.91. The van der Waals surface area contributed by atoms with E-state index in [1.807, 2.05) is 36.4 Å². The zero-order valence-corrected chi connectivity index (χ0v) is 19.5. The minimum absolute atomic E-state index is 0.0280. The Morgan fingerprint density at radius 3 is 1.78 bits per heavy atom. The number of hydrogen-bond donors (Lipinski definition) is 0. The Morgan fingerprint density at radius 2 is 1.25 bits per heavy atom. The van der Waals surface area contributed by atoms with Crippen molar-refractivity contribution in [3.05, 3.63) is 144 Å². The summed E-state index contributed by atoms with van der Waals surface area (Å²) in [5.41, 5.74) is 3.22. The Bertz CT molecular complexity index is 1780. The van der Waals surface area contributed by atoms with Gasteiger partial charge in [0.25, 0.3) is 5.70 Å². The van der Waals surface area contributed by atoms with E-state index in [2.05, 4.69) is 71.8 Å². The van der Waals surface area contributed by atoms with E-state index in [0.29, 0.717) is 11.3 Å². The topological polar surface area (TPSA) is 48.1 Å². The number of benzene rings is 5. The highest BCUT2D eigenvalue weighted by Crippen LogP contribution is 2.40. The van der Waals surface area contributed by atoms with Crippen molar-refractivity contribution in [1.82, 2.24) is 4.57 Å². The Labute approximate surface area is 207 Å². The summed E-state index contributed by atoms with van der Waals surface area (Å²) in [5, 5.41) is 19.0. The average Bonchev–Trinajstić information content (AvgIpc) is 3.26. The van der Waals surface area contributed by atoms with Crippen LogP contribution in [0.3, 0.4) is 0 Å². The molecular weight excluding hydrogens is 444 g/mol. The SMILES string of the molecule is C=C/C=C(\C=C(/c1ccccc1)[N+](=O)[O-])n1c2ccc3ccccc3c2c2c3ccccc3ccc21. The standard InChI is InChI=1S/C32H22N2O2/c1-2-10-25(21-30(34(35)36)24-13-4-3-5-14-24)33-28-19-17-22-11-6-8-15-26(22)31(28)32-27-16-9-7-12-23(27)18-20-29(32)33/h2-21H,1H2/b25-10+,30-21+. The minimum Gasteiger partial charge on any atom is -0.309 e. The molecule has 0 aliphatic rings. The lowest BCUT2D eigenvalue weighted by Crippen LogP contribution is -2.01. The second kappa shape index (κ2) is 8.67. The molecule has 1 aromatic heterocycles. The third kappa shape index (κ3) is 3.39. The number of nitrogens with zero attached hydrogens (tertiary/aromatic N) is 2. The molecule has 0 aliphatic carbocycles. The molecule has 6 rings (SSSR count). The van der Waals surface area contributed by atoms with Gasteiger partial charge in [-0.3, -0.25) is 10.1 Å². The smallest absolute Gasteiger partial charge is 0.278 e. The second-order valence-electron chi connectivity index (χ2n) is 8.68. The molecule has 6 aromatic rings. The monoisotopic (exact) mass is 466 g/mol. The van der Waals surface area contributed by atoms with Crippen LogP contribution < -0.4 is 0 Å². The van der Waals surface area contributed by atoms with Gasteiger partial charge in [-0.2, -0.15) is 0 Å². The Hall–Kier alpha value is -4.96. The van der Waals surface area contributed by atoms with E-state index >= 15 is 0 Å². The number of fused-ring (bicyclic) bond motifs is 7. The highest BCUT2D eigenvalue weighted by atomic mass is 16.6. The first-order valence-electron chi connectivity index (χ1n) is 11.8.